The van der Waals surface area contributed by atoms with Crippen molar-refractivity contribution < 1.29 is 19.1 Å². The third-order valence-corrected chi connectivity index (χ3v) is 4.98. The van der Waals surface area contributed by atoms with E-state index in [4.69, 9.17) is 9.47 Å². The van der Waals surface area contributed by atoms with Gasteiger partial charge in [-0.1, -0.05) is 30.3 Å². The number of methoxy groups -OCH3 is 1. The minimum atomic E-state index is -0.685. The summed E-state index contributed by atoms with van der Waals surface area (Å²) >= 11 is 0. The molecule has 2 amide bonds. The van der Waals surface area contributed by atoms with Gasteiger partial charge in [-0.2, -0.15) is 0 Å². The largest absolute Gasteiger partial charge is 0.497 e. The third kappa shape index (κ3) is 4.65. The minimum Gasteiger partial charge on any atom is -0.497 e. The van der Waals surface area contributed by atoms with Crippen LogP contribution in [0.15, 0.2) is 54.6 Å². The molecule has 0 aromatic heterocycles. The number of ether oxygens (including phenoxy) is 2. The van der Waals surface area contributed by atoms with Gasteiger partial charge in [0.05, 0.1) is 7.11 Å². The maximum atomic E-state index is 12.3. The molecule has 6 nitrogen and oxygen atoms in total. The van der Waals surface area contributed by atoms with E-state index < -0.39 is 11.8 Å². The van der Waals surface area contributed by atoms with Crippen LogP contribution in [0.1, 0.15) is 18.4 Å². The summed E-state index contributed by atoms with van der Waals surface area (Å²) in [5, 5.41) is 5.40. The van der Waals surface area contributed by atoms with Gasteiger partial charge in [0.2, 0.25) is 0 Å². The first kappa shape index (κ1) is 18.9. The Bertz CT molecular complexity index is 769. The fourth-order valence-electron chi connectivity index (χ4n) is 3.31. The monoisotopic (exact) mass is 368 g/mol. The highest BCUT2D eigenvalue weighted by Gasteiger charge is 2.35. The molecular formula is C21H24N2O4. The summed E-state index contributed by atoms with van der Waals surface area (Å²) < 4.78 is 10.6. The lowest BCUT2D eigenvalue weighted by Crippen LogP contribution is -2.47. The molecule has 0 radical (unpaired) electrons. The Kier molecular flexibility index (Phi) is 6.08. The molecule has 1 aliphatic heterocycles. The standard InChI is InChI=1S/C21H24N2O4/c1-26-18-9-7-17(8-10-18)23-20(25)19(24)22-15-21(11-13-27-14-12-21)16-5-3-2-4-6-16/h2-10H,11-15H2,1H3,(H,22,24)(H,23,25). The smallest absolute Gasteiger partial charge is 0.313 e. The van der Waals surface area contributed by atoms with Gasteiger partial charge in [0, 0.05) is 30.9 Å². The van der Waals surface area contributed by atoms with Crippen molar-refractivity contribution in [2.24, 2.45) is 0 Å². The van der Waals surface area contributed by atoms with Gasteiger partial charge in [-0.15, -0.1) is 0 Å². The van der Waals surface area contributed by atoms with Crippen molar-refractivity contribution in [3.63, 3.8) is 0 Å². The van der Waals surface area contributed by atoms with Crippen LogP contribution < -0.4 is 15.4 Å². The van der Waals surface area contributed by atoms with E-state index >= 15 is 0 Å². The van der Waals surface area contributed by atoms with Crippen LogP contribution >= 0.6 is 0 Å². The number of carbonyl (C=O) groups is 2. The highest BCUT2D eigenvalue weighted by molar-refractivity contribution is 6.39. The molecule has 1 fully saturated rings. The molecule has 2 aromatic carbocycles. The Balaban J connectivity index is 1.62. The number of anilines is 1. The Hall–Kier alpha value is -2.86. The van der Waals surface area contributed by atoms with Gasteiger partial charge in [-0.25, -0.2) is 0 Å². The van der Waals surface area contributed by atoms with Crippen LogP contribution in [0.2, 0.25) is 0 Å². The quantitative estimate of drug-likeness (QED) is 0.795. The first-order valence-corrected chi connectivity index (χ1v) is 8.99. The van der Waals surface area contributed by atoms with Crippen LogP contribution in [0.4, 0.5) is 5.69 Å². The summed E-state index contributed by atoms with van der Waals surface area (Å²) in [7, 11) is 1.57. The lowest BCUT2D eigenvalue weighted by molar-refractivity contribution is -0.136. The van der Waals surface area contributed by atoms with E-state index in [9.17, 15) is 9.59 Å². The second-order valence-electron chi connectivity index (χ2n) is 6.62. The number of benzene rings is 2. The molecule has 3 rings (SSSR count). The van der Waals surface area contributed by atoms with Gasteiger partial charge in [-0.05, 0) is 42.7 Å². The molecule has 2 aromatic rings. The van der Waals surface area contributed by atoms with E-state index in [0.29, 0.717) is 31.2 Å². The maximum absolute atomic E-state index is 12.3. The molecule has 2 N–H and O–H groups in total. The van der Waals surface area contributed by atoms with Gasteiger partial charge in [0.15, 0.2) is 0 Å². The van der Waals surface area contributed by atoms with Crippen LogP contribution in [0.25, 0.3) is 0 Å². The molecule has 0 saturated carbocycles. The highest BCUT2D eigenvalue weighted by Crippen LogP contribution is 2.34. The summed E-state index contributed by atoms with van der Waals surface area (Å²) in [6, 6.07) is 16.9. The predicted octanol–water partition coefficient (Wildman–Crippen LogP) is 2.50. The number of nitrogens with one attached hydrogen (secondary N) is 2. The normalized spacial score (nSPS) is 15.6. The molecule has 0 aliphatic carbocycles. The summed E-state index contributed by atoms with van der Waals surface area (Å²) in [6.07, 6.45) is 1.61. The molecule has 0 spiro atoms. The van der Waals surface area contributed by atoms with Crippen LogP contribution in [-0.4, -0.2) is 38.7 Å². The Morgan fingerprint density at radius 1 is 1.00 bits per heavy atom. The summed E-state index contributed by atoms with van der Waals surface area (Å²) in [4.78, 5) is 24.5. The van der Waals surface area contributed by atoms with E-state index in [1.165, 1.54) is 0 Å². The average Bonchev–Trinajstić information content (AvgIpc) is 2.74. The zero-order chi connectivity index (χ0) is 19.1. The van der Waals surface area contributed by atoms with E-state index in [2.05, 4.69) is 22.8 Å². The number of hydrogen-bond acceptors (Lipinski definition) is 4. The highest BCUT2D eigenvalue weighted by atomic mass is 16.5. The van der Waals surface area contributed by atoms with Gasteiger partial charge in [0.1, 0.15) is 5.75 Å². The van der Waals surface area contributed by atoms with E-state index in [0.717, 1.165) is 18.4 Å². The van der Waals surface area contributed by atoms with Crippen molar-refractivity contribution in [3.05, 3.63) is 60.2 Å². The van der Waals surface area contributed by atoms with Gasteiger partial charge < -0.3 is 20.1 Å². The Morgan fingerprint density at radius 2 is 1.67 bits per heavy atom. The fraction of sp³-hybridized carbons (Fsp3) is 0.333. The fourth-order valence-corrected chi connectivity index (χ4v) is 3.31. The third-order valence-electron chi connectivity index (χ3n) is 4.98. The van der Waals surface area contributed by atoms with E-state index in [1.54, 1.807) is 31.4 Å². The molecule has 27 heavy (non-hydrogen) atoms. The molecule has 6 heteroatoms. The van der Waals surface area contributed by atoms with Crippen LogP contribution in [0.3, 0.4) is 0 Å². The molecule has 1 aliphatic rings. The first-order valence-electron chi connectivity index (χ1n) is 8.99. The maximum Gasteiger partial charge on any atom is 0.313 e. The molecule has 142 valence electrons. The second-order valence-corrected chi connectivity index (χ2v) is 6.62. The predicted molar refractivity (Wildman–Crippen MR) is 103 cm³/mol. The first-order chi connectivity index (χ1) is 13.1. The molecule has 1 heterocycles. The summed E-state index contributed by atoms with van der Waals surface area (Å²) in [5.41, 5.74) is 1.49. The topological polar surface area (TPSA) is 76.7 Å². The molecular weight excluding hydrogens is 344 g/mol. The lowest BCUT2D eigenvalue weighted by Gasteiger charge is -2.37. The molecule has 0 bridgehead atoms. The van der Waals surface area contributed by atoms with Gasteiger partial charge in [0.25, 0.3) is 0 Å². The summed E-state index contributed by atoms with van der Waals surface area (Å²) in [6.45, 7) is 1.68. The molecule has 1 saturated heterocycles. The Morgan fingerprint density at radius 3 is 2.30 bits per heavy atom. The minimum absolute atomic E-state index is 0.213. The SMILES string of the molecule is COc1ccc(NC(=O)C(=O)NCC2(c3ccccc3)CCOCC2)cc1. The van der Waals surface area contributed by atoms with Gasteiger partial charge >= 0.3 is 11.8 Å². The second kappa shape index (κ2) is 8.68. The van der Waals surface area contributed by atoms with Crippen molar-refractivity contribution in [2.45, 2.75) is 18.3 Å². The number of rotatable bonds is 5. The van der Waals surface area contributed by atoms with E-state index in [1.807, 2.05) is 18.2 Å². The zero-order valence-corrected chi connectivity index (χ0v) is 15.4. The number of hydrogen-bond donors (Lipinski definition) is 2. The van der Waals surface area contributed by atoms with Gasteiger partial charge in [-0.3, -0.25) is 9.59 Å². The zero-order valence-electron chi connectivity index (χ0n) is 15.4. The van der Waals surface area contributed by atoms with Crippen LogP contribution in [0, 0.1) is 0 Å². The van der Waals surface area contributed by atoms with Crippen molar-refractivity contribution in [3.8, 4) is 5.75 Å². The lowest BCUT2D eigenvalue weighted by atomic mass is 9.74. The average molecular weight is 368 g/mol. The number of carbonyl (C=O) groups excluding carboxylic acids is 2. The summed E-state index contributed by atoms with van der Waals surface area (Å²) in [5.74, 6) is -0.648. The van der Waals surface area contributed by atoms with Crippen LogP contribution in [0.5, 0.6) is 5.75 Å². The van der Waals surface area contributed by atoms with Crippen molar-refractivity contribution in [1.82, 2.24) is 5.32 Å². The molecule has 0 unspecified atom stereocenters. The van der Waals surface area contributed by atoms with E-state index in [-0.39, 0.29) is 5.41 Å². The Labute approximate surface area is 158 Å². The van der Waals surface area contributed by atoms with Crippen LogP contribution in [-0.2, 0) is 19.7 Å². The van der Waals surface area contributed by atoms with Crippen molar-refractivity contribution >= 4 is 17.5 Å². The van der Waals surface area contributed by atoms with Crippen molar-refractivity contribution in [1.29, 1.82) is 0 Å². The van der Waals surface area contributed by atoms with Crippen molar-refractivity contribution in [2.75, 3.05) is 32.2 Å². The number of amides is 2. The molecule has 0 atom stereocenters.